The van der Waals surface area contributed by atoms with Gasteiger partial charge in [0.1, 0.15) is 11.4 Å². The van der Waals surface area contributed by atoms with Gasteiger partial charge in [-0.15, -0.1) is 11.3 Å². The molecule has 0 spiro atoms. The molecule has 0 amide bonds. The number of carbonyl (C=O) groups is 1. The van der Waals surface area contributed by atoms with Crippen molar-refractivity contribution < 1.29 is 23.1 Å². The molecule has 5 nitrogen and oxygen atoms in total. The van der Waals surface area contributed by atoms with Crippen LogP contribution >= 0.6 is 34.5 Å². The summed E-state index contributed by atoms with van der Waals surface area (Å²) < 4.78 is 38.9. The lowest BCUT2D eigenvalue weighted by molar-refractivity contribution is -0.137. The van der Waals surface area contributed by atoms with E-state index < -0.39 is 23.3 Å². The number of anilines is 2. The summed E-state index contributed by atoms with van der Waals surface area (Å²) in [7, 11) is 0. The lowest BCUT2D eigenvalue weighted by atomic mass is 10.0. The lowest BCUT2D eigenvalue weighted by Crippen LogP contribution is -2.11. The first-order chi connectivity index (χ1) is 15.0. The van der Waals surface area contributed by atoms with E-state index in [1.807, 2.05) is 0 Å². The van der Waals surface area contributed by atoms with Gasteiger partial charge < -0.3 is 10.4 Å². The maximum Gasteiger partial charge on any atom is 0.417 e. The van der Waals surface area contributed by atoms with Gasteiger partial charge in [-0.25, -0.2) is 14.8 Å². The van der Waals surface area contributed by atoms with Crippen molar-refractivity contribution in [3.05, 3.63) is 56.5 Å². The highest BCUT2D eigenvalue weighted by molar-refractivity contribution is 7.16. The number of aromatic nitrogens is 2. The molecule has 3 rings (SSSR count). The quantitative estimate of drug-likeness (QED) is 0.347. The first-order valence-corrected chi connectivity index (χ1v) is 11.1. The zero-order chi connectivity index (χ0) is 23.6. The average molecular weight is 504 g/mol. The molecule has 0 saturated carbocycles. The van der Waals surface area contributed by atoms with E-state index in [0.29, 0.717) is 45.5 Å². The molecule has 11 heteroatoms. The van der Waals surface area contributed by atoms with Gasteiger partial charge in [-0.2, -0.15) is 13.2 Å². The lowest BCUT2D eigenvalue weighted by Gasteiger charge is -2.10. The van der Waals surface area contributed by atoms with Gasteiger partial charge in [0.25, 0.3) is 0 Å². The standard InChI is InChI=1S/C21H18Cl2F3N3O2S/c1-10(2)3-6-16-17(11-4-5-14(22)15(23)7-11)28-20(32-16)29-18-13(19(30)31)8-12(9-27-18)21(24,25)26/h4-5,7-10H,3,6H2,1-2H3,(H,30,31)(H,27,28,29). The minimum atomic E-state index is -4.71. The monoisotopic (exact) mass is 503 g/mol. The Morgan fingerprint density at radius 2 is 1.94 bits per heavy atom. The second-order valence-electron chi connectivity index (χ2n) is 7.40. The number of hydrogen-bond acceptors (Lipinski definition) is 5. The smallest absolute Gasteiger partial charge is 0.417 e. The van der Waals surface area contributed by atoms with E-state index in [0.717, 1.165) is 16.9 Å². The minimum Gasteiger partial charge on any atom is -0.478 e. The Bertz CT molecular complexity index is 1150. The predicted octanol–water partition coefficient (Wildman–Crippen LogP) is 7.56. The summed E-state index contributed by atoms with van der Waals surface area (Å²) in [5, 5.41) is 13.2. The molecule has 0 aliphatic carbocycles. The number of carboxylic acid groups (broad SMARTS) is 1. The highest BCUT2D eigenvalue weighted by atomic mass is 35.5. The summed E-state index contributed by atoms with van der Waals surface area (Å²) in [6.07, 6.45) is -2.53. The number of aryl methyl sites for hydroxylation is 1. The molecule has 170 valence electrons. The zero-order valence-corrected chi connectivity index (χ0v) is 19.3. The van der Waals surface area contributed by atoms with Crippen molar-refractivity contribution in [3.63, 3.8) is 0 Å². The normalized spacial score (nSPS) is 11.8. The van der Waals surface area contributed by atoms with Crippen LogP contribution in [0.25, 0.3) is 11.3 Å². The van der Waals surface area contributed by atoms with E-state index in [1.54, 1.807) is 18.2 Å². The highest BCUT2D eigenvalue weighted by Gasteiger charge is 2.32. The second-order valence-corrected chi connectivity index (χ2v) is 9.30. The SMILES string of the molecule is CC(C)CCc1sc(Nc2ncc(C(F)(F)F)cc2C(=O)O)nc1-c1ccc(Cl)c(Cl)c1. The maximum absolute atomic E-state index is 13.0. The second kappa shape index (κ2) is 9.64. The Morgan fingerprint density at radius 1 is 1.22 bits per heavy atom. The molecule has 0 radical (unpaired) electrons. The molecule has 0 aliphatic rings. The number of aromatic carboxylic acids is 1. The molecule has 0 atom stereocenters. The number of pyridine rings is 1. The van der Waals surface area contributed by atoms with Gasteiger partial charge in [-0.05, 0) is 37.0 Å². The molecule has 2 heterocycles. The Balaban J connectivity index is 2.01. The van der Waals surface area contributed by atoms with E-state index in [-0.39, 0.29) is 5.82 Å². The number of carboxylic acids is 1. The third-order valence-electron chi connectivity index (χ3n) is 4.51. The van der Waals surface area contributed by atoms with E-state index in [4.69, 9.17) is 23.2 Å². The van der Waals surface area contributed by atoms with E-state index >= 15 is 0 Å². The van der Waals surface area contributed by atoms with Gasteiger partial charge in [0, 0.05) is 16.6 Å². The Labute approximate surface area is 196 Å². The van der Waals surface area contributed by atoms with Crippen LogP contribution < -0.4 is 5.32 Å². The average Bonchev–Trinajstić information content (AvgIpc) is 3.10. The Morgan fingerprint density at radius 3 is 2.53 bits per heavy atom. The first-order valence-electron chi connectivity index (χ1n) is 9.48. The number of thiazole rings is 1. The number of alkyl halides is 3. The summed E-state index contributed by atoms with van der Waals surface area (Å²) in [6, 6.07) is 5.65. The Hall–Kier alpha value is -2.36. The third-order valence-corrected chi connectivity index (χ3v) is 6.28. The van der Waals surface area contributed by atoms with Crippen LogP contribution in [0, 0.1) is 5.92 Å². The molecule has 0 bridgehead atoms. The fraction of sp³-hybridized carbons (Fsp3) is 0.286. The first kappa shape index (κ1) is 24.3. The van der Waals surface area contributed by atoms with Gasteiger partial charge >= 0.3 is 12.1 Å². The number of nitrogens with one attached hydrogen (secondary N) is 1. The topological polar surface area (TPSA) is 75.1 Å². The molecule has 0 saturated heterocycles. The summed E-state index contributed by atoms with van der Waals surface area (Å²) in [4.78, 5) is 20.7. The molecule has 1 aromatic carbocycles. The van der Waals surface area contributed by atoms with Gasteiger partial charge in [0.2, 0.25) is 0 Å². The van der Waals surface area contributed by atoms with E-state index in [9.17, 15) is 23.1 Å². The van der Waals surface area contributed by atoms with Crippen LogP contribution in [0.5, 0.6) is 0 Å². The van der Waals surface area contributed by atoms with Crippen LogP contribution in [-0.2, 0) is 12.6 Å². The fourth-order valence-electron chi connectivity index (χ4n) is 2.85. The van der Waals surface area contributed by atoms with Crippen molar-refractivity contribution in [1.82, 2.24) is 9.97 Å². The van der Waals surface area contributed by atoms with Gasteiger partial charge in [0.15, 0.2) is 5.13 Å². The summed E-state index contributed by atoms with van der Waals surface area (Å²) >= 11 is 13.4. The summed E-state index contributed by atoms with van der Waals surface area (Å²) in [5.74, 6) is -1.33. The van der Waals surface area contributed by atoms with Crippen molar-refractivity contribution in [2.75, 3.05) is 5.32 Å². The van der Waals surface area contributed by atoms with E-state index in [2.05, 4.69) is 29.1 Å². The maximum atomic E-state index is 13.0. The number of benzene rings is 1. The van der Waals surface area contributed by atoms with Crippen LogP contribution in [-0.4, -0.2) is 21.0 Å². The van der Waals surface area contributed by atoms with Crippen molar-refractivity contribution in [2.24, 2.45) is 5.92 Å². The molecule has 2 N–H and O–H groups in total. The van der Waals surface area contributed by atoms with Gasteiger partial charge in [0.05, 0.1) is 21.3 Å². The van der Waals surface area contributed by atoms with Gasteiger partial charge in [-0.1, -0.05) is 43.1 Å². The number of rotatable bonds is 7. The van der Waals surface area contributed by atoms with Crippen LogP contribution in [0.4, 0.5) is 24.1 Å². The molecule has 0 unspecified atom stereocenters. The van der Waals surface area contributed by atoms with Crippen LogP contribution in [0.2, 0.25) is 10.0 Å². The highest BCUT2D eigenvalue weighted by Crippen LogP contribution is 2.37. The molecular weight excluding hydrogens is 486 g/mol. The number of nitrogens with zero attached hydrogens (tertiary/aromatic N) is 2. The van der Waals surface area contributed by atoms with Crippen molar-refractivity contribution in [1.29, 1.82) is 0 Å². The largest absolute Gasteiger partial charge is 0.478 e. The van der Waals surface area contributed by atoms with Crippen LogP contribution in [0.15, 0.2) is 30.5 Å². The molecular formula is C21H18Cl2F3N3O2S. The number of hydrogen-bond donors (Lipinski definition) is 2. The fourth-order valence-corrected chi connectivity index (χ4v) is 4.14. The predicted molar refractivity (Wildman–Crippen MR) is 120 cm³/mol. The van der Waals surface area contributed by atoms with Crippen molar-refractivity contribution >= 4 is 51.5 Å². The minimum absolute atomic E-state index is 0.227. The number of halogens is 5. The van der Waals surface area contributed by atoms with Crippen molar-refractivity contribution in [2.45, 2.75) is 32.9 Å². The molecule has 0 aliphatic heterocycles. The molecule has 3 aromatic rings. The van der Waals surface area contributed by atoms with Gasteiger partial charge in [-0.3, -0.25) is 0 Å². The van der Waals surface area contributed by atoms with E-state index in [1.165, 1.54) is 11.3 Å². The third kappa shape index (κ3) is 5.70. The van der Waals surface area contributed by atoms with Crippen molar-refractivity contribution in [3.8, 4) is 11.3 Å². The summed E-state index contributed by atoms with van der Waals surface area (Å²) in [6.45, 7) is 4.18. The van der Waals surface area contributed by atoms with Crippen LogP contribution in [0.1, 0.15) is 41.1 Å². The molecule has 32 heavy (non-hydrogen) atoms. The molecule has 2 aromatic heterocycles. The zero-order valence-electron chi connectivity index (χ0n) is 16.9. The molecule has 0 fully saturated rings. The Kier molecular flexibility index (Phi) is 7.32. The van der Waals surface area contributed by atoms with Crippen LogP contribution in [0.3, 0.4) is 0 Å². The summed E-state index contributed by atoms with van der Waals surface area (Å²) in [5.41, 5.74) is -0.384.